The van der Waals surface area contributed by atoms with Crippen molar-refractivity contribution in [2.24, 2.45) is 0 Å². The highest BCUT2D eigenvalue weighted by molar-refractivity contribution is 5.65. The first-order valence-corrected chi connectivity index (χ1v) is 10.7. The van der Waals surface area contributed by atoms with Crippen molar-refractivity contribution < 1.29 is 18.6 Å². The summed E-state index contributed by atoms with van der Waals surface area (Å²) in [6.45, 7) is 6.78. The van der Waals surface area contributed by atoms with Crippen LogP contribution in [0.1, 0.15) is 29.9 Å². The van der Waals surface area contributed by atoms with Crippen LogP contribution in [0.4, 0.5) is 0 Å². The van der Waals surface area contributed by atoms with E-state index in [0.29, 0.717) is 11.6 Å². The number of aromatic nitrogens is 1. The fourth-order valence-electron chi connectivity index (χ4n) is 3.93. The average molecular weight is 423 g/mol. The van der Waals surface area contributed by atoms with Crippen LogP contribution in [0.15, 0.2) is 46.9 Å². The Balaban J connectivity index is 1.39. The fraction of sp³-hybridized carbons (Fsp3) is 0.400. The number of methoxy groups -OCH3 is 2. The van der Waals surface area contributed by atoms with Crippen molar-refractivity contribution in [3.63, 3.8) is 0 Å². The molecule has 0 bridgehead atoms. The molecule has 0 saturated carbocycles. The second kappa shape index (κ2) is 9.43. The molecular formula is C25H30N2O4. The minimum Gasteiger partial charge on any atom is -0.497 e. The maximum absolute atomic E-state index is 6.23. The molecule has 1 saturated heterocycles. The minimum atomic E-state index is 0.259. The summed E-state index contributed by atoms with van der Waals surface area (Å²) < 4.78 is 23.0. The molecule has 1 aliphatic heterocycles. The lowest BCUT2D eigenvalue weighted by atomic mass is 10.1. The zero-order chi connectivity index (χ0) is 21.8. The molecule has 0 N–H and O–H groups in total. The number of likely N-dealkylation sites (tertiary alicyclic amines) is 1. The van der Waals surface area contributed by atoms with Crippen LogP contribution in [0.25, 0.3) is 11.5 Å². The summed E-state index contributed by atoms with van der Waals surface area (Å²) in [5.41, 5.74) is 2.97. The van der Waals surface area contributed by atoms with Crippen LogP contribution in [0.5, 0.6) is 17.2 Å². The van der Waals surface area contributed by atoms with E-state index in [4.69, 9.17) is 23.6 Å². The van der Waals surface area contributed by atoms with Gasteiger partial charge in [0.05, 0.1) is 25.5 Å². The maximum atomic E-state index is 6.23. The summed E-state index contributed by atoms with van der Waals surface area (Å²) in [7, 11) is 3.27. The Morgan fingerprint density at radius 1 is 1.00 bits per heavy atom. The second-order valence-corrected chi connectivity index (χ2v) is 7.95. The Bertz CT molecular complexity index is 1020. The van der Waals surface area contributed by atoms with E-state index in [-0.39, 0.29) is 6.10 Å². The molecule has 6 nitrogen and oxygen atoms in total. The van der Waals surface area contributed by atoms with Gasteiger partial charge in [-0.15, -0.1) is 0 Å². The standard InChI is InChI=1S/C25H30N2O4/c1-17-7-5-6-8-23(17)31-19-11-13-27(14-12-19)16-22-18(2)30-25(26-22)21-10-9-20(28-3)15-24(21)29-4/h5-10,15,19H,11-14,16H2,1-4H3. The maximum Gasteiger partial charge on any atom is 0.230 e. The van der Waals surface area contributed by atoms with Crippen molar-refractivity contribution in [1.29, 1.82) is 0 Å². The summed E-state index contributed by atoms with van der Waals surface area (Å²) in [5, 5.41) is 0. The SMILES string of the molecule is COc1ccc(-c2nc(CN3CCC(Oc4ccccc4C)CC3)c(C)o2)c(OC)c1. The van der Waals surface area contributed by atoms with Gasteiger partial charge in [-0.1, -0.05) is 18.2 Å². The highest BCUT2D eigenvalue weighted by Crippen LogP contribution is 2.34. The van der Waals surface area contributed by atoms with Gasteiger partial charge in [0.1, 0.15) is 29.1 Å². The van der Waals surface area contributed by atoms with Gasteiger partial charge in [-0.25, -0.2) is 4.98 Å². The van der Waals surface area contributed by atoms with Crippen molar-refractivity contribution in [2.45, 2.75) is 39.3 Å². The fourth-order valence-corrected chi connectivity index (χ4v) is 3.93. The van der Waals surface area contributed by atoms with Gasteiger partial charge in [0.25, 0.3) is 0 Å². The number of oxazole rings is 1. The Morgan fingerprint density at radius 2 is 1.77 bits per heavy atom. The van der Waals surface area contributed by atoms with Crippen LogP contribution in [0.2, 0.25) is 0 Å². The van der Waals surface area contributed by atoms with E-state index >= 15 is 0 Å². The van der Waals surface area contributed by atoms with E-state index in [1.807, 2.05) is 37.3 Å². The number of benzene rings is 2. The Morgan fingerprint density at radius 3 is 2.48 bits per heavy atom. The van der Waals surface area contributed by atoms with E-state index in [0.717, 1.165) is 61.0 Å². The number of piperidine rings is 1. The van der Waals surface area contributed by atoms with Crippen molar-refractivity contribution in [3.8, 4) is 28.7 Å². The van der Waals surface area contributed by atoms with Crippen LogP contribution in [0.3, 0.4) is 0 Å². The Kier molecular flexibility index (Phi) is 6.47. The van der Waals surface area contributed by atoms with Gasteiger partial charge in [-0.2, -0.15) is 0 Å². The molecule has 0 atom stereocenters. The molecule has 0 spiro atoms. The molecule has 0 aliphatic carbocycles. The summed E-state index contributed by atoms with van der Waals surface area (Å²) in [6.07, 6.45) is 2.27. The first kappa shape index (κ1) is 21.2. The molecule has 0 radical (unpaired) electrons. The topological polar surface area (TPSA) is 57.0 Å². The minimum absolute atomic E-state index is 0.259. The zero-order valence-electron chi connectivity index (χ0n) is 18.7. The van der Waals surface area contributed by atoms with Gasteiger partial charge in [0.15, 0.2) is 0 Å². The van der Waals surface area contributed by atoms with Gasteiger partial charge >= 0.3 is 0 Å². The van der Waals surface area contributed by atoms with E-state index < -0.39 is 0 Å². The van der Waals surface area contributed by atoms with E-state index in [2.05, 4.69) is 24.0 Å². The molecule has 0 unspecified atom stereocenters. The third-order valence-corrected chi connectivity index (χ3v) is 5.83. The van der Waals surface area contributed by atoms with Crippen LogP contribution in [-0.2, 0) is 6.54 Å². The van der Waals surface area contributed by atoms with Gasteiger partial charge in [0, 0.05) is 25.7 Å². The molecule has 2 aromatic carbocycles. The van der Waals surface area contributed by atoms with Crippen LogP contribution < -0.4 is 14.2 Å². The Hall–Kier alpha value is -2.99. The summed E-state index contributed by atoms with van der Waals surface area (Å²) in [5.74, 6) is 3.82. The first-order chi connectivity index (χ1) is 15.1. The third kappa shape index (κ3) is 4.85. The highest BCUT2D eigenvalue weighted by Gasteiger charge is 2.23. The molecule has 1 aromatic heterocycles. The molecule has 4 rings (SSSR count). The van der Waals surface area contributed by atoms with Gasteiger partial charge in [0.2, 0.25) is 5.89 Å². The number of rotatable bonds is 7. The van der Waals surface area contributed by atoms with Gasteiger partial charge in [-0.05, 0) is 50.5 Å². The number of para-hydroxylation sites is 1. The van der Waals surface area contributed by atoms with Crippen molar-refractivity contribution in [1.82, 2.24) is 9.88 Å². The van der Waals surface area contributed by atoms with Gasteiger partial charge < -0.3 is 18.6 Å². The quantitative estimate of drug-likeness (QED) is 0.533. The predicted octanol–water partition coefficient (Wildman–Crippen LogP) is 5.02. The summed E-state index contributed by atoms with van der Waals surface area (Å²) >= 11 is 0. The Labute approximate surface area is 183 Å². The highest BCUT2D eigenvalue weighted by atomic mass is 16.5. The first-order valence-electron chi connectivity index (χ1n) is 10.7. The van der Waals surface area contributed by atoms with E-state index in [1.165, 1.54) is 5.56 Å². The van der Waals surface area contributed by atoms with E-state index in [1.54, 1.807) is 14.2 Å². The van der Waals surface area contributed by atoms with Crippen LogP contribution in [0, 0.1) is 13.8 Å². The third-order valence-electron chi connectivity index (χ3n) is 5.83. The lowest BCUT2D eigenvalue weighted by Gasteiger charge is -2.32. The summed E-state index contributed by atoms with van der Waals surface area (Å²) in [4.78, 5) is 7.19. The summed E-state index contributed by atoms with van der Waals surface area (Å²) in [6, 6.07) is 13.9. The number of hydrogen-bond donors (Lipinski definition) is 0. The normalized spacial score (nSPS) is 15.1. The predicted molar refractivity (Wildman–Crippen MR) is 120 cm³/mol. The van der Waals surface area contributed by atoms with Crippen LogP contribution in [-0.4, -0.2) is 43.3 Å². The molecule has 3 aromatic rings. The smallest absolute Gasteiger partial charge is 0.230 e. The molecular weight excluding hydrogens is 392 g/mol. The largest absolute Gasteiger partial charge is 0.497 e. The lowest BCUT2D eigenvalue weighted by molar-refractivity contribution is 0.0954. The number of aryl methyl sites for hydroxylation is 2. The molecule has 31 heavy (non-hydrogen) atoms. The number of hydrogen-bond acceptors (Lipinski definition) is 6. The number of nitrogens with zero attached hydrogens (tertiary/aromatic N) is 2. The zero-order valence-corrected chi connectivity index (χ0v) is 18.7. The molecule has 2 heterocycles. The second-order valence-electron chi connectivity index (χ2n) is 7.95. The van der Waals surface area contributed by atoms with E-state index in [9.17, 15) is 0 Å². The van der Waals surface area contributed by atoms with Gasteiger partial charge in [-0.3, -0.25) is 4.90 Å². The molecule has 164 valence electrons. The molecule has 0 amide bonds. The number of ether oxygens (including phenoxy) is 3. The van der Waals surface area contributed by atoms with Crippen molar-refractivity contribution in [3.05, 3.63) is 59.5 Å². The lowest BCUT2D eigenvalue weighted by Crippen LogP contribution is -2.38. The molecule has 1 fully saturated rings. The molecule has 1 aliphatic rings. The average Bonchev–Trinajstić information content (AvgIpc) is 3.16. The van der Waals surface area contributed by atoms with Crippen molar-refractivity contribution in [2.75, 3.05) is 27.3 Å². The van der Waals surface area contributed by atoms with Crippen molar-refractivity contribution >= 4 is 0 Å². The monoisotopic (exact) mass is 422 g/mol. The van der Waals surface area contributed by atoms with Crippen LogP contribution >= 0.6 is 0 Å². The molecule has 6 heteroatoms.